The smallest absolute Gasteiger partial charge is 0.0900 e. The molecule has 0 aromatic carbocycles. The van der Waals surface area contributed by atoms with Crippen LogP contribution in [0.2, 0.25) is 0 Å². The minimum absolute atomic E-state index is 0.370. The van der Waals surface area contributed by atoms with Crippen molar-refractivity contribution < 1.29 is 9.84 Å². The lowest BCUT2D eigenvalue weighted by Crippen LogP contribution is -2.36. The molecule has 1 aliphatic carbocycles. The molecule has 19 heavy (non-hydrogen) atoms. The Kier molecular flexibility index (Phi) is 6.31. The zero-order valence-electron chi connectivity index (χ0n) is 11.8. The maximum Gasteiger partial charge on any atom is 0.0900 e. The first-order chi connectivity index (χ1) is 9.28. The molecule has 1 fully saturated rings. The van der Waals surface area contributed by atoms with E-state index < -0.39 is 0 Å². The van der Waals surface area contributed by atoms with Crippen LogP contribution in [-0.2, 0) is 11.3 Å². The van der Waals surface area contributed by atoms with Crippen LogP contribution in [0.5, 0.6) is 0 Å². The van der Waals surface area contributed by atoms with Gasteiger partial charge >= 0.3 is 0 Å². The van der Waals surface area contributed by atoms with Crippen molar-refractivity contribution >= 4 is 11.3 Å². The summed E-state index contributed by atoms with van der Waals surface area (Å²) in [5, 5.41) is 12.1. The Morgan fingerprint density at radius 2 is 2.37 bits per heavy atom. The quantitative estimate of drug-likeness (QED) is 0.716. The van der Waals surface area contributed by atoms with Crippen molar-refractivity contribution in [1.82, 2.24) is 4.90 Å². The van der Waals surface area contributed by atoms with Gasteiger partial charge in [0.2, 0.25) is 0 Å². The summed E-state index contributed by atoms with van der Waals surface area (Å²) in [6.07, 6.45) is 3.51. The highest BCUT2D eigenvalue weighted by molar-refractivity contribution is 7.09. The Morgan fingerprint density at radius 1 is 1.53 bits per heavy atom. The van der Waals surface area contributed by atoms with E-state index in [0.29, 0.717) is 13.2 Å². The lowest BCUT2D eigenvalue weighted by molar-refractivity contribution is 0.00997. The SMILES string of the molecule is CCCN(CC(O)COCc1cccs1)CC1CC1. The first-order valence-corrected chi connectivity index (χ1v) is 8.16. The number of thiophene rings is 1. The fourth-order valence-electron chi connectivity index (χ4n) is 2.28. The van der Waals surface area contributed by atoms with E-state index in [9.17, 15) is 5.11 Å². The topological polar surface area (TPSA) is 32.7 Å². The van der Waals surface area contributed by atoms with Gasteiger partial charge < -0.3 is 14.7 Å². The molecule has 0 amide bonds. The van der Waals surface area contributed by atoms with E-state index in [1.54, 1.807) is 11.3 Å². The van der Waals surface area contributed by atoms with Crippen LogP contribution >= 0.6 is 11.3 Å². The van der Waals surface area contributed by atoms with E-state index >= 15 is 0 Å². The molecule has 2 rings (SSSR count). The summed E-state index contributed by atoms with van der Waals surface area (Å²) < 4.78 is 5.57. The maximum absolute atomic E-state index is 10.0. The summed E-state index contributed by atoms with van der Waals surface area (Å²) in [5.41, 5.74) is 0. The van der Waals surface area contributed by atoms with Crippen molar-refractivity contribution in [2.24, 2.45) is 5.92 Å². The molecule has 0 radical (unpaired) electrons. The molecular weight excluding hydrogens is 258 g/mol. The van der Waals surface area contributed by atoms with E-state index in [-0.39, 0.29) is 6.10 Å². The van der Waals surface area contributed by atoms with Crippen molar-refractivity contribution in [2.45, 2.75) is 38.9 Å². The first kappa shape index (κ1) is 15.0. The van der Waals surface area contributed by atoms with Gasteiger partial charge in [0.15, 0.2) is 0 Å². The van der Waals surface area contributed by atoms with Crippen LogP contribution in [0.3, 0.4) is 0 Å². The van der Waals surface area contributed by atoms with Crippen LogP contribution in [-0.4, -0.2) is 42.4 Å². The van der Waals surface area contributed by atoms with Gasteiger partial charge in [-0.25, -0.2) is 0 Å². The van der Waals surface area contributed by atoms with Gasteiger partial charge in [0.1, 0.15) is 0 Å². The highest BCUT2D eigenvalue weighted by Gasteiger charge is 2.24. The standard InChI is InChI=1S/C15H25NO2S/c1-2-7-16(9-13-5-6-13)10-14(17)11-18-12-15-4-3-8-19-15/h3-4,8,13-14,17H,2,5-7,9-12H2,1H3. The summed E-state index contributed by atoms with van der Waals surface area (Å²) in [6.45, 7) is 6.22. The minimum atomic E-state index is -0.370. The summed E-state index contributed by atoms with van der Waals surface area (Å²) in [7, 11) is 0. The van der Waals surface area contributed by atoms with Crippen molar-refractivity contribution in [2.75, 3.05) is 26.2 Å². The third kappa shape index (κ3) is 6.04. The third-order valence-corrected chi connectivity index (χ3v) is 4.21. The molecule has 1 heterocycles. The van der Waals surface area contributed by atoms with Crippen LogP contribution in [0.25, 0.3) is 0 Å². The first-order valence-electron chi connectivity index (χ1n) is 7.28. The van der Waals surface area contributed by atoms with Gasteiger partial charge in [-0.2, -0.15) is 0 Å². The second-order valence-corrected chi connectivity index (χ2v) is 6.48. The van der Waals surface area contributed by atoms with Gasteiger partial charge in [-0.1, -0.05) is 13.0 Å². The molecular formula is C15H25NO2S. The summed E-state index contributed by atoms with van der Waals surface area (Å²) >= 11 is 1.70. The molecule has 1 N–H and O–H groups in total. The molecule has 1 aromatic heterocycles. The zero-order valence-corrected chi connectivity index (χ0v) is 12.6. The van der Waals surface area contributed by atoms with Crippen molar-refractivity contribution in [1.29, 1.82) is 0 Å². The number of rotatable bonds is 10. The number of nitrogens with zero attached hydrogens (tertiary/aromatic N) is 1. The maximum atomic E-state index is 10.0. The van der Waals surface area contributed by atoms with Gasteiger partial charge in [0, 0.05) is 18.0 Å². The van der Waals surface area contributed by atoms with E-state index in [2.05, 4.69) is 17.9 Å². The normalized spacial score (nSPS) is 17.0. The van der Waals surface area contributed by atoms with E-state index in [4.69, 9.17) is 4.74 Å². The van der Waals surface area contributed by atoms with Gasteiger partial charge in [-0.3, -0.25) is 0 Å². The average molecular weight is 283 g/mol. The van der Waals surface area contributed by atoms with E-state index in [1.165, 1.54) is 17.7 Å². The van der Waals surface area contributed by atoms with Crippen LogP contribution in [0, 0.1) is 5.92 Å². The second kappa shape index (κ2) is 8.00. The number of aliphatic hydroxyl groups is 1. The average Bonchev–Trinajstić information content (AvgIpc) is 3.03. The summed E-state index contributed by atoms with van der Waals surface area (Å²) in [6, 6.07) is 4.09. The number of hydrogen-bond acceptors (Lipinski definition) is 4. The van der Waals surface area contributed by atoms with Gasteiger partial charge in [-0.15, -0.1) is 11.3 Å². The molecule has 1 aliphatic rings. The van der Waals surface area contributed by atoms with Crippen molar-refractivity contribution in [3.05, 3.63) is 22.4 Å². The Hall–Kier alpha value is -0.420. The lowest BCUT2D eigenvalue weighted by atomic mass is 10.2. The van der Waals surface area contributed by atoms with Crippen LogP contribution in [0.15, 0.2) is 17.5 Å². The van der Waals surface area contributed by atoms with Crippen molar-refractivity contribution in [3.8, 4) is 0 Å². The van der Waals surface area contributed by atoms with Crippen LogP contribution in [0.4, 0.5) is 0 Å². The Morgan fingerprint density at radius 3 is 3.00 bits per heavy atom. The minimum Gasteiger partial charge on any atom is -0.389 e. The molecule has 0 bridgehead atoms. The van der Waals surface area contributed by atoms with E-state index in [1.807, 2.05) is 11.4 Å². The molecule has 4 heteroatoms. The number of ether oxygens (including phenoxy) is 1. The van der Waals surface area contributed by atoms with Crippen LogP contribution < -0.4 is 0 Å². The monoisotopic (exact) mass is 283 g/mol. The molecule has 1 unspecified atom stereocenters. The molecule has 1 atom stereocenters. The Labute approximate surface area is 120 Å². The highest BCUT2D eigenvalue weighted by atomic mass is 32.1. The number of aliphatic hydroxyl groups excluding tert-OH is 1. The van der Waals surface area contributed by atoms with Crippen molar-refractivity contribution in [3.63, 3.8) is 0 Å². The molecule has 0 aliphatic heterocycles. The lowest BCUT2D eigenvalue weighted by Gasteiger charge is -2.24. The fraction of sp³-hybridized carbons (Fsp3) is 0.733. The molecule has 3 nitrogen and oxygen atoms in total. The van der Waals surface area contributed by atoms with Crippen LogP contribution in [0.1, 0.15) is 31.1 Å². The summed E-state index contributed by atoms with van der Waals surface area (Å²) in [5.74, 6) is 0.880. The molecule has 0 spiro atoms. The van der Waals surface area contributed by atoms with E-state index in [0.717, 1.165) is 32.0 Å². The highest BCUT2D eigenvalue weighted by Crippen LogP contribution is 2.29. The second-order valence-electron chi connectivity index (χ2n) is 5.45. The van der Waals surface area contributed by atoms with Gasteiger partial charge in [-0.05, 0) is 43.2 Å². The molecule has 1 aromatic rings. The fourth-order valence-corrected chi connectivity index (χ4v) is 2.92. The largest absolute Gasteiger partial charge is 0.389 e. The number of hydrogen-bond donors (Lipinski definition) is 1. The third-order valence-electron chi connectivity index (χ3n) is 3.36. The molecule has 1 saturated carbocycles. The summed E-state index contributed by atoms with van der Waals surface area (Å²) in [4.78, 5) is 3.60. The predicted molar refractivity (Wildman–Crippen MR) is 79.4 cm³/mol. The predicted octanol–water partition coefficient (Wildman–Crippen LogP) is 2.75. The Balaban J connectivity index is 1.61. The Bertz CT molecular complexity index is 338. The molecule has 0 saturated heterocycles. The zero-order chi connectivity index (χ0) is 13.5. The van der Waals surface area contributed by atoms with Gasteiger partial charge in [0.05, 0.1) is 19.3 Å². The van der Waals surface area contributed by atoms with Gasteiger partial charge in [0.25, 0.3) is 0 Å². The molecule has 108 valence electrons.